The number of phenols is 1. The maximum Gasteiger partial charge on any atom is 0.275 e. The number of benzene rings is 1. The largest absolute Gasteiger partial charge is 0.508 e. The molecule has 0 unspecified atom stereocenters. The Kier molecular flexibility index (Phi) is 3.10. The molecule has 1 aromatic carbocycles. The van der Waals surface area contributed by atoms with Crippen LogP contribution in [0.2, 0.25) is 0 Å². The lowest BCUT2D eigenvalue weighted by Gasteiger charge is -2.05. The van der Waals surface area contributed by atoms with E-state index in [1.165, 1.54) is 17.4 Å². The van der Waals surface area contributed by atoms with Crippen molar-refractivity contribution >= 4 is 22.9 Å². The maximum atomic E-state index is 11.8. The van der Waals surface area contributed by atoms with Crippen LogP contribution in [0.25, 0.3) is 0 Å². The zero-order valence-corrected chi connectivity index (χ0v) is 10.3. The molecule has 5 heteroatoms. The summed E-state index contributed by atoms with van der Waals surface area (Å²) < 4.78 is 0. The van der Waals surface area contributed by atoms with Crippen LogP contribution in [0.1, 0.15) is 21.1 Å². The molecule has 2 aromatic rings. The minimum atomic E-state index is -0.266. The smallest absolute Gasteiger partial charge is 0.275 e. The molecule has 0 atom stereocenters. The second-order valence-electron chi connectivity index (χ2n) is 3.71. The Labute approximate surface area is 103 Å². The first kappa shape index (κ1) is 11.6. The molecule has 0 saturated carbocycles. The number of hydrogen-bond donors (Lipinski definition) is 2. The average molecular weight is 248 g/mol. The van der Waals surface area contributed by atoms with E-state index >= 15 is 0 Å². The monoisotopic (exact) mass is 248 g/mol. The third-order valence-corrected chi connectivity index (χ3v) is 3.09. The number of amides is 1. The first-order valence-corrected chi connectivity index (χ1v) is 5.97. The third-order valence-electron chi connectivity index (χ3n) is 2.32. The predicted octanol–water partition coefficient (Wildman–Crippen LogP) is 2.72. The van der Waals surface area contributed by atoms with Crippen molar-refractivity contribution in [1.29, 1.82) is 0 Å². The van der Waals surface area contributed by atoms with Crippen LogP contribution in [0.3, 0.4) is 0 Å². The fraction of sp³-hybridized carbons (Fsp3) is 0.167. The van der Waals surface area contributed by atoms with E-state index in [1.807, 2.05) is 6.92 Å². The summed E-state index contributed by atoms with van der Waals surface area (Å²) in [4.78, 5) is 15.9. The van der Waals surface area contributed by atoms with Gasteiger partial charge in [0.15, 0.2) is 0 Å². The molecule has 0 bridgehead atoms. The third kappa shape index (κ3) is 2.62. The Hall–Kier alpha value is -1.88. The molecule has 88 valence electrons. The highest BCUT2D eigenvalue weighted by molar-refractivity contribution is 7.09. The van der Waals surface area contributed by atoms with E-state index in [4.69, 9.17) is 0 Å². The molecule has 2 rings (SSSR count). The molecule has 1 aromatic heterocycles. The van der Waals surface area contributed by atoms with Crippen molar-refractivity contribution in [3.05, 3.63) is 39.8 Å². The van der Waals surface area contributed by atoms with Gasteiger partial charge in [-0.2, -0.15) is 0 Å². The highest BCUT2D eigenvalue weighted by Crippen LogP contribution is 2.21. The lowest BCUT2D eigenvalue weighted by atomic mass is 10.2. The quantitative estimate of drug-likeness (QED) is 0.859. The Morgan fingerprint density at radius 1 is 1.41 bits per heavy atom. The van der Waals surface area contributed by atoms with Gasteiger partial charge < -0.3 is 10.4 Å². The number of aromatic nitrogens is 1. The topological polar surface area (TPSA) is 62.2 Å². The van der Waals surface area contributed by atoms with E-state index in [-0.39, 0.29) is 11.7 Å². The molecule has 4 nitrogen and oxygen atoms in total. The molecule has 0 aliphatic rings. The number of carbonyl (C=O) groups excluding carboxylic acids is 1. The fourth-order valence-electron chi connectivity index (χ4n) is 1.35. The van der Waals surface area contributed by atoms with E-state index in [0.717, 1.165) is 10.6 Å². The van der Waals surface area contributed by atoms with Gasteiger partial charge in [0.2, 0.25) is 0 Å². The minimum absolute atomic E-state index is 0.164. The SMILES string of the molecule is Cc1nc(C(=O)Nc2ccc(C)c(O)c2)cs1. The van der Waals surface area contributed by atoms with Crippen molar-refractivity contribution < 1.29 is 9.90 Å². The molecular formula is C12H12N2O2S. The molecule has 1 heterocycles. The first-order valence-electron chi connectivity index (χ1n) is 5.09. The van der Waals surface area contributed by atoms with Crippen LogP contribution in [0.5, 0.6) is 5.75 Å². The summed E-state index contributed by atoms with van der Waals surface area (Å²) >= 11 is 1.43. The lowest BCUT2D eigenvalue weighted by Crippen LogP contribution is -2.12. The van der Waals surface area contributed by atoms with Crippen LogP contribution >= 0.6 is 11.3 Å². The first-order chi connectivity index (χ1) is 8.06. The average Bonchev–Trinajstić information content (AvgIpc) is 2.70. The molecule has 0 aliphatic heterocycles. The van der Waals surface area contributed by atoms with Gasteiger partial charge in [-0.15, -0.1) is 11.3 Å². The van der Waals surface area contributed by atoms with Crippen LogP contribution < -0.4 is 5.32 Å². The van der Waals surface area contributed by atoms with Crippen molar-refractivity contribution in [2.24, 2.45) is 0 Å². The molecule has 1 amide bonds. The summed E-state index contributed by atoms with van der Waals surface area (Å²) in [6, 6.07) is 5.01. The van der Waals surface area contributed by atoms with Crippen LogP contribution in [-0.2, 0) is 0 Å². The normalized spacial score (nSPS) is 10.2. The predicted molar refractivity (Wildman–Crippen MR) is 67.6 cm³/mol. The van der Waals surface area contributed by atoms with Crippen molar-refractivity contribution in [2.75, 3.05) is 5.32 Å². The second kappa shape index (κ2) is 4.55. The van der Waals surface area contributed by atoms with Crippen LogP contribution in [0.15, 0.2) is 23.6 Å². The summed E-state index contributed by atoms with van der Waals surface area (Å²) in [7, 11) is 0. The van der Waals surface area contributed by atoms with Crippen molar-refractivity contribution in [3.8, 4) is 5.75 Å². The Morgan fingerprint density at radius 2 is 2.18 bits per heavy atom. The molecule has 0 spiro atoms. The second-order valence-corrected chi connectivity index (χ2v) is 4.77. The van der Waals surface area contributed by atoms with E-state index < -0.39 is 0 Å². The number of carbonyl (C=O) groups is 1. The number of aryl methyl sites for hydroxylation is 2. The molecule has 0 aliphatic carbocycles. The van der Waals surface area contributed by atoms with E-state index in [2.05, 4.69) is 10.3 Å². The summed E-state index contributed by atoms with van der Waals surface area (Å²) in [6.07, 6.45) is 0. The number of rotatable bonds is 2. The summed E-state index contributed by atoms with van der Waals surface area (Å²) in [5.41, 5.74) is 1.73. The van der Waals surface area contributed by atoms with Gasteiger partial charge in [-0.1, -0.05) is 6.07 Å². The standard InChI is InChI=1S/C12H12N2O2S/c1-7-3-4-9(5-11(7)15)14-12(16)10-6-17-8(2)13-10/h3-6,15H,1-2H3,(H,14,16). The molecule has 0 saturated heterocycles. The van der Waals surface area contributed by atoms with Gasteiger partial charge in [0.05, 0.1) is 5.01 Å². The highest BCUT2D eigenvalue weighted by atomic mass is 32.1. The fourth-order valence-corrected chi connectivity index (χ4v) is 1.94. The number of hydrogen-bond acceptors (Lipinski definition) is 4. The Balaban J connectivity index is 2.15. The number of nitrogens with zero attached hydrogens (tertiary/aromatic N) is 1. The zero-order valence-electron chi connectivity index (χ0n) is 9.52. The van der Waals surface area contributed by atoms with Crippen LogP contribution in [0, 0.1) is 13.8 Å². The summed E-state index contributed by atoms with van der Waals surface area (Å²) in [5, 5.41) is 14.8. The van der Waals surface area contributed by atoms with Crippen molar-refractivity contribution in [1.82, 2.24) is 4.98 Å². The molecular weight excluding hydrogens is 236 g/mol. The molecule has 17 heavy (non-hydrogen) atoms. The molecule has 0 radical (unpaired) electrons. The zero-order chi connectivity index (χ0) is 12.4. The van der Waals surface area contributed by atoms with Gasteiger partial charge in [-0.25, -0.2) is 4.98 Å². The molecule has 2 N–H and O–H groups in total. The number of phenolic OH excluding ortho intramolecular Hbond substituents is 1. The van der Waals surface area contributed by atoms with Gasteiger partial charge in [0, 0.05) is 17.1 Å². The Bertz CT molecular complexity index is 563. The van der Waals surface area contributed by atoms with E-state index in [1.54, 1.807) is 24.4 Å². The minimum Gasteiger partial charge on any atom is -0.508 e. The van der Waals surface area contributed by atoms with E-state index in [0.29, 0.717) is 11.4 Å². The maximum absolute atomic E-state index is 11.8. The number of thiazole rings is 1. The van der Waals surface area contributed by atoms with Gasteiger partial charge in [-0.3, -0.25) is 4.79 Å². The highest BCUT2D eigenvalue weighted by Gasteiger charge is 2.10. The molecule has 0 fully saturated rings. The Morgan fingerprint density at radius 3 is 2.76 bits per heavy atom. The number of aromatic hydroxyl groups is 1. The van der Waals surface area contributed by atoms with Crippen LogP contribution in [-0.4, -0.2) is 16.0 Å². The van der Waals surface area contributed by atoms with Crippen molar-refractivity contribution in [3.63, 3.8) is 0 Å². The van der Waals surface area contributed by atoms with Gasteiger partial charge in [0.1, 0.15) is 11.4 Å². The number of nitrogens with one attached hydrogen (secondary N) is 1. The van der Waals surface area contributed by atoms with Crippen molar-refractivity contribution in [2.45, 2.75) is 13.8 Å². The van der Waals surface area contributed by atoms with E-state index in [9.17, 15) is 9.90 Å². The summed E-state index contributed by atoms with van der Waals surface area (Å²) in [5.74, 6) is -0.102. The summed E-state index contributed by atoms with van der Waals surface area (Å²) in [6.45, 7) is 3.64. The lowest BCUT2D eigenvalue weighted by molar-refractivity contribution is 0.102. The van der Waals surface area contributed by atoms with Gasteiger partial charge >= 0.3 is 0 Å². The van der Waals surface area contributed by atoms with Crippen LogP contribution in [0.4, 0.5) is 5.69 Å². The van der Waals surface area contributed by atoms with Gasteiger partial charge in [0.25, 0.3) is 5.91 Å². The van der Waals surface area contributed by atoms with Gasteiger partial charge in [-0.05, 0) is 25.5 Å². The number of anilines is 1.